The Kier molecular flexibility index (Phi) is 2.99. The van der Waals surface area contributed by atoms with Gasteiger partial charge in [-0.05, 0) is 51.6 Å². The molecule has 0 saturated heterocycles. The van der Waals surface area contributed by atoms with Crippen LogP contribution in [-0.2, 0) is 0 Å². The molecule has 0 aromatic carbocycles. The summed E-state index contributed by atoms with van der Waals surface area (Å²) < 4.78 is 0. The third kappa shape index (κ3) is 2.32. The van der Waals surface area contributed by atoms with Crippen molar-refractivity contribution in [3.8, 4) is 6.07 Å². The van der Waals surface area contributed by atoms with E-state index in [-0.39, 0.29) is 0 Å². The number of nitrogens with two attached hydrogens (primary N) is 1. The first kappa shape index (κ1) is 10.9. The average molecular weight is 207 g/mol. The fourth-order valence-electron chi connectivity index (χ4n) is 2.71. The van der Waals surface area contributed by atoms with E-state index in [0.717, 1.165) is 38.3 Å². The van der Waals surface area contributed by atoms with Crippen LogP contribution < -0.4 is 5.73 Å². The molecule has 2 N–H and O–H groups in total. The first-order valence-corrected chi connectivity index (χ1v) is 6.06. The van der Waals surface area contributed by atoms with E-state index in [4.69, 9.17) is 11.0 Å². The minimum atomic E-state index is -0.523. The summed E-state index contributed by atoms with van der Waals surface area (Å²) in [5, 5.41) is 9.09. The highest BCUT2D eigenvalue weighted by atomic mass is 15.1. The second kappa shape index (κ2) is 4.11. The lowest BCUT2D eigenvalue weighted by molar-refractivity contribution is 0.268. The predicted molar refractivity (Wildman–Crippen MR) is 60.1 cm³/mol. The van der Waals surface area contributed by atoms with Gasteiger partial charge < -0.3 is 10.6 Å². The molecule has 2 aliphatic carbocycles. The van der Waals surface area contributed by atoms with Gasteiger partial charge in [0.15, 0.2) is 0 Å². The Morgan fingerprint density at radius 1 is 1.47 bits per heavy atom. The van der Waals surface area contributed by atoms with Gasteiger partial charge in [0.2, 0.25) is 0 Å². The molecule has 0 aliphatic heterocycles. The van der Waals surface area contributed by atoms with E-state index in [1.54, 1.807) is 0 Å². The highest BCUT2D eigenvalue weighted by Gasteiger charge is 2.39. The van der Waals surface area contributed by atoms with E-state index < -0.39 is 5.54 Å². The van der Waals surface area contributed by atoms with Crippen LogP contribution in [0.15, 0.2) is 0 Å². The van der Waals surface area contributed by atoms with E-state index in [0.29, 0.717) is 5.92 Å². The fourth-order valence-corrected chi connectivity index (χ4v) is 2.71. The normalized spacial score (nSPS) is 35.7. The van der Waals surface area contributed by atoms with Gasteiger partial charge in [-0.1, -0.05) is 6.42 Å². The lowest BCUT2D eigenvalue weighted by atomic mass is 9.87. The topological polar surface area (TPSA) is 53.0 Å². The van der Waals surface area contributed by atoms with Crippen molar-refractivity contribution in [2.24, 2.45) is 11.7 Å². The third-order valence-corrected chi connectivity index (χ3v) is 4.08. The highest BCUT2D eigenvalue weighted by Crippen LogP contribution is 2.36. The minimum absolute atomic E-state index is 0.420. The van der Waals surface area contributed by atoms with Crippen molar-refractivity contribution in [2.45, 2.75) is 50.1 Å². The monoisotopic (exact) mass is 207 g/mol. The summed E-state index contributed by atoms with van der Waals surface area (Å²) in [4.78, 5) is 2.43. The zero-order valence-electron chi connectivity index (χ0n) is 9.58. The summed E-state index contributed by atoms with van der Waals surface area (Å²) >= 11 is 0. The zero-order valence-corrected chi connectivity index (χ0v) is 9.58. The average Bonchev–Trinajstić information content (AvgIpc) is 3.01. The molecule has 0 aromatic rings. The van der Waals surface area contributed by atoms with Crippen molar-refractivity contribution >= 4 is 0 Å². The minimum Gasteiger partial charge on any atom is -0.313 e. The van der Waals surface area contributed by atoms with Crippen molar-refractivity contribution in [1.82, 2.24) is 4.90 Å². The highest BCUT2D eigenvalue weighted by molar-refractivity contribution is 5.12. The molecular formula is C12H21N3. The first-order chi connectivity index (χ1) is 7.15. The summed E-state index contributed by atoms with van der Waals surface area (Å²) in [7, 11) is 2.19. The molecule has 3 heteroatoms. The maximum absolute atomic E-state index is 9.09. The number of nitriles is 1. The molecule has 0 aromatic heterocycles. The number of hydrogen-bond acceptors (Lipinski definition) is 3. The molecule has 0 heterocycles. The van der Waals surface area contributed by atoms with Crippen LogP contribution in [0.2, 0.25) is 0 Å². The van der Waals surface area contributed by atoms with Crippen molar-refractivity contribution in [3.05, 3.63) is 0 Å². The maximum atomic E-state index is 9.09. The molecule has 2 saturated carbocycles. The Bertz CT molecular complexity index is 267. The smallest absolute Gasteiger partial charge is 0.107 e. The molecule has 0 spiro atoms. The van der Waals surface area contributed by atoms with Crippen LogP contribution in [0.1, 0.15) is 38.5 Å². The van der Waals surface area contributed by atoms with Crippen molar-refractivity contribution < 1.29 is 0 Å². The van der Waals surface area contributed by atoms with Crippen molar-refractivity contribution in [2.75, 3.05) is 13.6 Å². The summed E-state index contributed by atoms with van der Waals surface area (Å²) in [6.45, 7) is 1.11. The summed E-state index contributed by atoms with van der Waals surface area (Å²) in [5.74, 6) is 0.420. The van der Waals surface area contributed by atoms with Gasteiger partial charge in [-0.25, -0.2) is 0 Å². The Labute approximate surface area is 92.2 Å². The summed E-state index contributed by atoms with van der Waals surface area (Å²) in [6, 6.07) is 3.14. The van der Waals surface area contributed by atoms with E-state index in [1.807, 2.05) is 0 Å². The Morgan fingerprint density at radius 2 is 2.20 bits per heavy atom. The number of rotatable bonds is 4. The van der Waals surface area contributed by atoms with Gasteiger partial charge in [0.25, 0.3) is 0 Å². The van der Waals surface area contributed by atoms with Crippen LogP contribution in [0.4, 0.5) is 0 Å². The molecule has 2 aliphatic rings. The fraction of sp³-hybridized carbons (Fsp3) is 0.917. The third-order valence-electron chi connectivity index (χ3n) is 4.08. The largest absolute Gasteiger partial charge is 0.313 e. The molecule has 2 fully saturated rings. The lowest BCUT2D eigenvalue weighted by Gasteiger charge is -2.26. The van der Waals surface area contributed by atoms with Gasteiger partial charge in [-0.15, -0.1) is 0 Å². The van der Waals surface area contributed by atoms with Crippen molar-refractivity contribution in [3.63, 3.8) is 0 Å². The zero-order chi connectivity index (χ0) is 10.9. The molecule has 84 valence electrons. The van der Waals surface area contributed by atoms with E-state index in [2.05, 4.69) is 18.0 Å². The molecule has 0 bridgehead atoms. The molecule has 2 rings (SSSR count). The van der Waals surface area contributed by atoms with Gasteiger partial charge in [-0.2, -0.15) is 5.26 Å². The van der Waals surface area contributed by atoms with Crippen LogP contribution >= 0.6 is 0 Å². The van der Waals surface area contributed by atoms with Gasteiger partial charge in [0.1, 0.15) is 5.54 Å². The Balaban J connectivity index is 1.81. The van der Waals surface area contributed by atoms with Crippen LogP contribution in [-0.4, -0.2) is 30.1 Å². The van der Waals surface area contributed by atoms with Crippen LogP contribution in [0, 0.1) is 17.2 Å². The molecule has 15 heavy (non-hydrogen) atoms. The summed E-state index contributed by atoms with van der Waals surface area (Å²) in [5.41, 5.74) is 5.58. The quantitative estimate of drug-likeness (QED) is 0.760. The predicted octanol–water partition coefficient (Wildman–Crippen LogP) is 1.49. The number of nitrogens with zero attached hydrogens (tertiary/aromatic N) is 2. The first-order valence-electron chi connectivity index (χ1n) is 6.06. The van der Waals surface area contributed by atoms with Crippen LogP contribution in [0.3, 0.4) is 0 Å². The van der Waals surface area contributed by atoms with Gasteiger partial charge in [-0.3, -0.25) is 0 Å². The number of hydrogen-bond donors (Lipinski definition) is 1. The van der Waals surface area contributed by atoms with Crippen LogP contribution in [0.5, 0.6) is 0 Å². The summed E-state index contributed by atoms with van der Waals surface area (Å²) in [6.07, 6.45) is 6.96. The molecule has 2 atom stereocenters. The standard InChI is InChI=1S/C12H21N3/c1-15(11-4-5-11)8-6-10-3-2-7-12(10,14)9-13/h10-11H,2-8,14H2,1H3. The second-order valence-corrected chi connectivity index (χ2v) is 5.24. The molecular weight excluding hydrogens is 186 g/mol. The van der Waals surface area contributed by atoms with Crippen LogP contribution in [0.25, 0.3) is 0 Å². The molecule has 3 nitrogen and oxygen atoms in total. The lowest BCUT2D eigenvalue weighted by Crippen LogP contribution is -2.43. The van der Waals surface area contributed by atoms with E-state index in [1.165, 1.54) is 12.8 Å². The van der Waals surface area contributed by atoms with Gasteiger partial charge in [0.05, 0.1) is 6.07 Å². The van der Waals surface area contributed by atoms with Gasteiger partial charge in [0, 0.05) is 6.04 Å². The van der Waals surface area contributed by atoms with Gasteiger partial charge >= 0.3 is 0 Å². The second-order valence-electron chi connectivity index (χ2n) is 5.24. The van der Waals surface area contributed by atoms with E-state index >= 15 is 0 Å². The van der Waals surface area contributed by atoms with Crippen molar-refractivity contribution in [1.29, 1.82) is 5.26 Å². The Morgan fingerprint density at radius 3 is 2.80 bits per heavy atom. The molecule has 0 radical (unpaired) electrons. The molecule has 0 amide bonds. The SMILES string of the molecule is CN(CCC1CCCC1(N)C#N)C1CC1. The maximum Gasteiger partial charge on any atom is 0.107 e. The molecule has 2 unspecified atom stereocenters. The Hall–Kier alpha value is -0.590. The van der Waals surface area contributed by atoms with E-state index in [9.17, 15) is 0 Å².